The van der Waals surface area contributed by atoms with Crippen molar-refractivity contribution in [2.24, 2.45) is 0 Å². The third-order valence-corrected chi connectivity index (χ3v) is 2.61. The molecule has 0 saturated heterocycles. The number of halogens is 1. The van der Waals surface area contributed by atoms with Crippen LogP contribution in [0.15, 0.2) is 24.3 Å². The number of benzene rings is 1. The number of aliphatic hydroxyl groups excluding tert-OH is 2. The minimum atomic E-state index is -0.983. The van der Waals surface area contributed by atoms with Gasteiger partial charge >= 0.3 is 0 Å². The van der Waals surface area contributed by atoms with E-state index in [1.54, 1.807) is 24.3 Å². The van der Waals surface area contributed by atoms with Crippen LogP contribution in [0.1, 0.15) is 24.2 Å². The van der Waals surface area contributed by atoms with Gasteiger partial charge < -0.3 is 10.2 Å². The molecule has 88 valence electrons. The first kappa shape index (κ1) is 13.2. The second kappa shape index (κ2) is 5.99. The fourth-order valence-electron chi connectivity index (χ4n) is 1.43. The average Bonchev–Trinajstić information content (AvgIpc) is 2.27. The molecule has 0 aromatic heterocycles. The van der Waals surface area contributed by atoms with E-state index in [1.165, 1.54) is 6.92 Å². The molecule has 1 aromatic carbocycles. The van der Waals surface area contributed by atoms with Crippen LogP contribution < -0.4 is 0 Å². The standard InChI is InChI=1S/C12H15ClO3/c1-8(14)6-9-2-4-10(5-3-9)12(16)11(15)7-13/h2-5,11-12,15-16H,6-7H2,1H3. The van der Waals surface area contributed by atoms with E-state index in [2.05, 4.69) is 0 Å². The first-order valence-corrected chi connectivity index (χ1v) is 5.58. The number of Topliss-reactive ketones (excluding diaryl/α,β-unsaturated/α-hetero) is 1. The van der Waals surface area contributed by atoms with Gasteiger partial charge in [0.2, 0.25) is 0 Å². The van der Waals surface area contributed by atoms with Crippen LogP contribution in [0.2, 0.25) is 0 Å². The van der Waals surface area contributed by atoms with Crippen molar-refractivity contribution >= 4 is 17.4 Å². The average molecular weight is 243 g/mol. The Labute approximate surface area is 99.7 Å². The summed E-state index contributed by atoms with van der Waals surface area (Å²) in [6.45, 7) is 1.53. The highest BCUT2D eigenvalue weighted by Gasteiger charge is 2.16. The Kier molecular flexibility index (Phi) is 4.93. The molecule has 2 atom stereocenters. The Balaban J connectivity index is 2.74. The zero-order valence-corrected chi connectivity index (χ0v) is 9.81. The summed E-state index contributed by atoms with van der Waals surface area (Å²) < 4.78 is 0. The van der Waals surface area contributed by atoms with E-state index in [4.69, 9.17) is 11.6 Å². The molecule has 2 unspecified atom stereocenters. The monoisotopic (exact) mass is 242 g/mol. The smallest absolute Gasteiger partial charge is 0.134 e. The molecular weight excluding hydrogens is 228 g/mol. The summed E-state index contributed by atoms with van der Waals surface area (Å²) in [6, 6.07) is 6.92. The van der Waals surface area contributed by atoms with Gasteiger partial charge in [0.05, 0.1) is 12.0 Å². The molecule has 2 N–H and O–H groups in total. The number of aliphatic hydroxyl groups is 2. The Morgan fingerprint density at radius 2 is 1.88 bits per heavy atom. The van der Waals surface area contributed by atoms with Gasteiger partial charge in [0.15, 0.2) is 0 Å². The van der Waals surface area contributed by atoms with E-state index in [9.17, 15) is 15.0 Å². The summed E-state index contributed by atoms with van der Waals surface area (Å²) >= 11 is 5.44. The largest absolute Gasteiger partial charge is 0.389 e. The van der Waals surface area contributed by atoms with Gasteiger partial charge in [-0.2, -0.15) is 0 Å². The summed E-state index contributed by atoms with van der Waals surface area (Å²) in [5.41, 5.74) is 1.49. The highest BCUT2D eigenvalue weighted by molar-refractivity contribution is 6.18. The number of carbonyl (C=O) groups is 1. The van der Waals surface area contributed by atoms with Gasteiger partial charge in [-0.15, -0.1) is 11.6 Å². The molecule has 0 aliphatic rings. The van der Waals surface area contributed by atoms with Crippen molar-refractivity contribution in [3.63, 3.8) is 0 Å². The number of hydrogen-bond donors (Lipinski definition) is 2. The topological polar surface area (TPSA) is 57.5 Å². The third kappa shape index (κ3) is 3.59. The summed E-state index contributed by atoms with van der Waals surface area (Å²) in [5.74, 6) is 0.0743. The van der Waals surface area contributed by atoms with Gasteiger partial charge in [0.25, 0.3) is 0 Å². The van der Waals surface area contributed by atoms with Crippen LogP contribution in [0.5, 0.6) is 0 Å². The number of ketones is 1. The molecule has 0 saturated carbocycles. The summed E-state index contributed by atoms with van der Waals surface area (Å²) in [5, 5.41) is 19.0. The van der Waals surface area contributed by atoms with Crippen molar-refractivity contribution in [1.82, 2.24) is 0 Å². The minimum Gasteiger partial charge on any atom is -0.389 e. The Morgan fingerprint density at radius 1 is 1.31 bits per heavy atom. The predicted octanol–water partition coefficient (Wildman–Crippen LogP) is 1.45. The van der Waals surface area contributed by atoms with Gasteiger partial charge in [-0.1, -0.05) is 24.3 Å². The SMILES string of the molecule is CC(=O)Cc1ccc(C(O)C(O)CCl)cc1. The maximum absolute atomic E-state index is 10.9. The number of rotatable bonds is 5. The molecule has 0 bridgehead atoms. The molecule has 0 spiro atoms. The van der Waals surface area contributed by atoms with Crippen molar-refractivity contribution in [2.45, 2.75) is 25.6 Å². The molecule has 3 nitrogen and oxygen atoms in total. The highest BCUT2D eigenvalue weighted by Crippen LogP contribution is 2.18. The van der Waals surface area contributed by atoms with Gasteiger partial charge in [-0.25, -0.2) is 0 Å². The van der Waals surface area contributed by atoms with Crippen molar-refractivity contribution in [2.75, 3.05) is 5.88 Å². The van der Waals surface area contributed by atoms with Crippen molar-refractivity contribution < 1.29 is 15.0 Å². The number of hydrogen-bond acceptors (Lipinski definition) is 3. The second-order valence-electron chi connectivity index (χ2n) is 3.79. The Morgan fingerprint density at radius 3 is 2.31 bits per heavy atom. The van der Waals surface area contributed by atoms with Crippen LogP contribution >= 0.6 is 11.6 Å². The van der Waals surface area contributed by atoms with Gasteiger partial charge in [-0.3, -0.25) is 4.79 Å². The van der Waals surface area contributed by atoms with E-state index in [0.29, 0.717) is 12.0 Å². The molecular formula is C12H15ClO3. The zero-order chi connectivity index (χ0) is 12.1. The molecule has 0 heterocycles. The third-order valence-electron chi connectivity index (χ3n) is 2.30. The lowest BCUT2D eigenvalue weighted by Crippen LogP contribution is -2.19. The van der Waals surface area contributed by atoms with Crippen LogP contribution in [-0.4, -0.2) is 28.0 Å². The normalized spacial score (nSPS) is 14.5. The predicted molar refractivity (Wildman–Crippen MR) is 62.5 cm³/mol. The second-order valence-corrected chi connectivity index (χ2v) is 4.10. The molecule has 0 aliphatic heterocycles. The van der Waals surface area contributed by atoms with Crippen LogP contribution in [0, 0.1) is 0 Å². The highest BCUT2D eigenvalue weighted by atomic mass is 35.5. The minimum absolute atomic E-state index is 0.0175. The van der Waals surface area contributed by atoms with Crippen molar-refractivity contribution in [3.8, 4) is 0 Å². The summed E-state index contributed by atoms with van der Waals surface area (Å²) in [7, 11) is 0. The van der Waals surface area contributed by atoms with E-state index >= 15 is 0 Å². The maximum atomic E-state index is 10.9. The van der Waals surface area contributed by atoms with E-state index < -0.39 is 12.2 Å². The number of carbonyl (C=O) groups excluding carboxylic acids is 1. The zero-order valence-electron chi connectivity index (χ0n) is 9.06. The summed E-state index contributed by atoms with van der Waals surface area (Å²) in [4.78, 5) is 10.9. The number of alkyl halides is 1. The molecule has 16 heavy (non-hydrogen) atoms. The van der Waals surface area contributed by atoms with E-state index in [-0.39, 0.29) is 11.7 Å². The fraction of sp³-hybridized carbons (Fsp3) is 0.417. The Hall–Kier alpha value is -0.900. The molecule has 0 aliphatic carbocycles. The Bertz CT molecular complexity index is 348. The van der Waals surface area contributed by atoms with Crippen LogP contribution in [-0.2, 0) is 11.2 Å². The molecule has 1 rings (SSSR count). The lowest BCUT2D eigenvalue weighted by Gasteiger charge is -2.15. The van der Waals surface area contributed by atoms with Crippen molar-refractivity contribution in [1.29, 1.82) is 0 Å². The first-order valence-electron chi connectivity index (χ1n) is 5.05. The van der Waals surface area contributed by atoms with Crippen LogP contribution in [0.4, 0.5) is 0 Å². The molecule has 1 aromatic rings. The molecule has 0 radical (unpaired) electrons. The fourth-order valence-corrected chi connectivity index (χ4v) is 1.60. The van der Waals surface area contributed by atoms with Crippen molar-refractivity contribution in [3.05, 3.63) is 35.4 Å². The van der Waals surface area contributed by atoms with E-state index in [0.717, 1.165) is 5.56 Å². The van der Waals surface area contributed by atoms with Gasteiger partial charge in [-0.05, 0) is 18.1 Å². The lowest BCUT2D eigenvalue weighted by molar-refractivity contribution is -0.116. The van der Waals surface area contributed by atoms with E-state index in [1.807, 2.05) is 0 Å². The van der Waals surface area contributed by atoms with Crippen LogP contribution in [0.3, 0.4) is 0 Å². The quantitative estimate of drug-likeness (QED) is 0.769. The summed E-state index contributed by atoms with van der Waals surface area (Å²) in [6.07, 6.45) is -1.57. The van der Waals surface area contributed by atoms with Gasteiger partial charge in [0.1, 0.15) is 11.9 Å². The lowest BCUT2D eigenvalue weighted by atomic mass is 10.0. The molecule has 0 amide bonds. The maximum Gasteiger partial charge on any atom is 0.134 e. The molecule has 0 fully saturated rings. The first-order chi connectivity index (χ1) is 7.54. The van der Waals surface area contributed by atoms with Crippen LogP contribution in [0.25, 0.3) is 0 Å². The van der Waals surface area contributed by atoms with Gasteiger partial charge in [0, 0.05) is 6.42 Å². The molecule has 4 heteroatoms.